The largest absolute Gasteiger partial charge is 0.324 e. The zero-order valence-corrected chi connectivity index (χ0v) is 16.8. The van der Waals surface area contributed by atoms with E-state index in [0.717, 1.165) is 0 Å². The normalized spacial score (nSPS) is 9.73. The molecular weight excluding hydrogens is 415 g/mol. The maximum absolute atomic E-state index is 13.2. The van der Waals surface area contributed by atoms with E-state index in [1.807, 2.05) is 13.8 Å². The van der Waals surface area contributed by atoms with E-state index in [1.54, 1.807) is 0 Å². The summed E-state index contributed by atoms with van der Waals surface area (Å²) < 4.78 is 13.2. The second kappa shape index (κ2) is 10.7. The molecule has 3 N–H and O–H groups in total. The lowest BCUT2D eigenvalue weighted by molar-refractivity contribution is -0.384. The number of amides is 2. The summed E-state index contributed by atoms with van der Waals surface area (Å²) in [6.07, 6.45) is 1.41. The van der Waals surface area contributed by atoms with Crippen molar-refractivity contribution in [3.8, 4) is 0 Å². The number of nitro groups is 1. The van der Waals surface area contributed by atoms with Crippen molar-refractivity contribution in [2.45, 2.75) is 13.8 Å². The van der Waals surface area contributed by atoms with Gasteiger partial charge < -0.3 is 10.6 Å². The molecule has 0 aliphatic heterocycles. The van der Waals surface area contributed by atoms with Gasteiger partial charge in [0, 0.05) is 29.7 Å². The van der Waals surface area contributed by atoms with Crippen LogP contribution in [0.25, 0.3) is 0 Å². The van der Waals surface area contributed by atoms with Gasteiger partial charge in [-0.3, -0.25) is 15.4 Å². The minimum absolute atomic E-state index is 0.0596. The van der Waals surface area contributed by atoms with Crippen LogP contribution in [0.5, 0.6) is 0 Å². The smallest absolute Gasteiger partial charge is 0.324 e. The quantitative estimate of drug-likeness (QED) is 0.356. The fraction of sp³-hybridized carbons (Fsp3) is 0.105. The summed E-state index contributed by atoms with van der Waals surface area (Å²) in [5.74, 6) is -0.231. The van der Waals surface area contributed by atoms with Crippen LogP contribution in [0, 0.1) is 15.9 Å². The number of non-ortho nitro benzene ring substituents is 1. The molecule has 9 nitrogen and oxygen atoms in total. The van der Waals surface area contributed by atoms with E-state index in [9.17, 15) is 19.3 Å². The fourth-order valence-corrected chi connectivity index (χ4v) is 2.35. The van der Waals surface area contributed by atoms with Gasteiger partial charge in [-0.25, -0.2) is 14.2 Å². The van der Waals surface area contributed by atoms with Gasteiger partial charge >= 0.3 is 6.03 Å². The number of carbonyl (C=O) groups excluding carboxylic acids is 1. The number of anilines is 4. The number of nitrogens with zero attached hydrogens (tertiary/aromatic N) is 3. The Balaban J connectivity index is 0.00000155. The molecule has 2 amide bonds. The van der Waals surface area contributed by atoms with E-state index in [2.05, 4.69) is 25.9 Å². The van der Waals surface area contributed by atoms with E-state index >= 15 is 0 Å². The first-order valence-electron chi connectivity index (χ1n) is 8.78. The van der Waals surface area contributed by atoms with Gasteiger partial charge in [0.1, 0.15) is 11.6 Å². The minimum Gasteiger partial charge on any atom is -0.324 e. The molecule has 3 aromatic rings. The average molecular weight is 433 g/mol. The van der Waals surface area contributed by atoms with Gasteiger partial charge in [0.05, 0.1) is 9.95 Å². The highest BCUT2D eigenvalue weighted by molar-refractivity contribution is 6.31. The lowest BCUT2D eigenvalue weighted by Gasteiger charge is -2.09. The van der Waals surface area contributed by atoms with Gasteiger partial charge in [-0.15, -0.1) is 0 Å². The van der Waals surface area contributed by atoms with Crippen LogP contribution >= 0.6 is 11.6 Å². The molecule has 30 heavy (non-hydrogen) atoms. The number of hydrogen-bond acceptors (Lipinski definition) is 6. The van der Waals surface area contributed by atoms with E-state index in [4.69, 9.17) is 11.6 Å². The Kier molecular flexibility index (Phi) is 8.00. The molecule has 0 saturated carbocycles. The molecular formula is C19H18ClFN6O3. The zero-order valence-electron chi connectivity index (χ0n) is 16.0. The van der Waals surface area contributed by atoms with Crippen molar-refractivity contribution < 1.29 is 14.1 Å². The van der Waals surface area contributed by atoms with E-state index in [1.165, 1.54) is 54.7 Å². The standard InChI is InChI=1S/C17H12ClFN6O3.C2H6/c18-13-9-11(4-5-14(13)19)21-16-20-7-6-15(23-16)24-17(26)22-10-2-1-3-12(8-10)25(27)28;1-2/h1-9H,(H3,20,21,22,23,24,26);1-2H3. The Hall–Kier alpha value is -3.79. The van der Waals surface area contributed by atoms with Crippen LogP contribution in [0.15, 0.2) is 54.7 Å². The second-order valence-corrected chi connectivity index (χ2v) is 5.81. The van der Waals surface area contributed by atoms with Crippen LogP contribution in [-0.2, 0) is 0 Å². The van der Waals surface area contributed by atoms with Crippen LogP contribution in [0.4, 0.5) is 38.0 Å². The summed E-state index contributed by atoms with van der Waals surface area (Å²) in [5.41, 5.74) is 0.564. The van der Waals surface area contributed by atoms with Crippen molar-refractivity contribution in [2.24, 2.45) is 0 Å². The fourth-order valence-electron chi connectivity index (χ4n) is 2.17. The number of benzene rings is 2. The summed E-state index contributed by atoms with van der Waals surface area (Å²) in [6.45, 7) is 4.00. The summed E-state index contributed by atoms with van der Waals surface area (Å²) in [4.78, 5) is 30.4. The molecule has 156 valence electrons. The van der Waals surface area contributed by atoms with Crippen LogP contribution in [0.1, 0.15) is 13.8 Å². The summed E-state index contributed by atoms with van der Waals surface area (Å²) >= 11 is 5.72. The number of hydrogen-bond donors (Lipinski definition) is 3. The van der Waals surface area contributed by atoms with E-state index in [-0.39, 0.29) is 28.2 Å². The van der Waals surface area contributed by atoms with Crippen molar-refractivity contribution in [3.63, 3.8) is 0 Å². The summed E-state index contributed by atoms with van der Waals surface area (Å²) in [5, 5.41) is 18.5. The number of nitrogens with one attached hydrogen (secondary N) is 3. The van der Waals surface area contributed by atoms with E-state index < -0.39 is 16.8 Å². The van der Waals surface area contributed by atoms with Crippen LogP contribution in [-0.4, -0.2) is 20.9 Å². The lowest BCUT2D eigenvalue weighted by atomic mass is 10.3. The lowest BCUT2D eigenvalue weighted by Crippen LogP contribution is -2.20. The molecule has 1 heterocycles. The predicted molar refractivity (Wildman–Crippen MR) is 114 cm³/mol. The van der Waals surface area contributed by atoms with Crippen molar-refractivity contribution in [1.29, 1.82) is 0 Å². The maximum Gasteiger partial charge on any atom is 0.324 e. The van der Waals surface area contributed by atoms with Gasteiger partial charge in [-0.1, -0.05) is 31.5 Å². The molecule has 0 spiro atoms. The predicted octanol–water partition coefficient (Wildman–Crippen LogP) is 5.59. The third-order valence-corrected chi connectivity index (χ3v) is 3.68. The molecule has 0 radical (unpaired) electrons. The Labute approximate surface area is 176 Å². The first kappa shape index (κ1) is 22.5. The number of halogens is 2. The number of carbonyl (C=O) groups is 1. The van der Waals surface area contributed by atoms with Gasteiger partial charge in [-0.05, 0) is 30.3 Å². The molecule has 0 unspecified atom stereocenters. The van der Waals surface area contributed by atoms with Crippen molar-refractivity contribution >= 4 is 46.5 Å². The zero-order chi connectivity index (χ0) is 22.1. The third kappa shape index (κ3) is 6.38. The number of urea groups is 1. The van der Waals surface area contributed by atoms with Crippen LogP contribution in [0.3, 0.4) is 0 Å². The molecule has 3 rings (SSSR count). The minimum atomic E-state index is -0.644. The maximum atomic E-state index is 13.2. The van der Waals surface area contributed by atoms with Gasteiger partial charge in [-0.2, -0.15) is 4.98 Å². The molecule has 0 saturated heterocycles. The van der Waals surface area contributed by atoms with Gasteiger partial charge in [0.25, 0.3) is 5.69 Å². The summed E-state index contributed by atoms with van der Waals surface area (Å²) in [6, 6.07) is 10.3. The molecule has 2 aromatic carbocycles. The van der Waals surface area contributed by atoms with Crippen molar-refractivity contribution in [3.05, 3.63) is 75.7 Å². The topological polar surface area (TPSA) is 122 Å². The molecule has 0 bridgehead atoms. The summed E-state index contributed by atoms with van der Waals surface area (Å²) in [7, 11) is 0. The Morgan fingerprint density at radius 3 is 2.57 bits per heavy atom. The molecule has 0 atom stereocenters. The molecule has 0 fully saturated rings. The Morgan fingerprint density at radius 2 is 1.87 bits per heavy atom. The molecule has 1 aromatic heterocycles. The highest BCUT2D eigenvalue weighted by Gasteiger charge is 2.09. The highest BCUT2D eigenvalue weighted by Crippen LogP contribution is 2.22. The molecule has 0 aliphatic rings. The highest BCUT2D eigenvalue weighted by atomic mass is 35.5. The van der Waals surface area contributed by atoms with Crippen LogP contribution < -0.4 is 16.0 Å². The SMILES string of the molecule is CC.O=C(Nc1cccc([N+](=O)[O-])c1)Nc1ccnc(Nc2ccc(F)c(Cl)c2)n1. The van der Waals surface area contributed by atoms with E-state index in [0.29, 0.717) is 5.69 Å². The van der Waals surface area contributed by atoms with Crippen LogP contribution in [0.2, 0.25) is 5.02 Å². The van der Waals surface area contributed by atoms with Gasteiger partial charge in [0.2, 0.25) is 5.95 Å². The van der Waals surface area contributed by atoms with Gasteiger partial charge in [0.15, 0.2) is 0 Å². The van der Waals surface area contributed by atoms with Crippen molar-refractivity contribution in [2.75, 3.05) is 16.0 Å². The second-order valence-electron chi connectivity index (χ2n) is 5.41. The average Bonchev–Trinajstić information content (AvgIpc) is 2.72. The third-order valence-electron chi connectivity index (χ3n) is 3.39. The Bertz CT molecular complexity index is 1050. The molecule has 0 aliphatic carbocycles. The van der Waals surface area contributed by atoms with Crippen molar-refractivity contribution in [1.82, 2.24) is 9.97 Å². The first-order chi connectivity index (χ1) is 14.4. The number of rotatable bonds is 5. The first-order valence-corrected chi connectivity index (χ1v) is 9.16. The number of nitro benzene ring substituents is 1. The molecule has 11 heteroatoms. The Morgan fingerprint density at radius 1 is 1.10 bits per heavy atom. The monoisotopic (exact) mass is 432 g/mol. The number of aromatic nitrogens is 2.